The highest BCUT2D eigenvalue weighted by Gasteiger charge is 1.99. The Bertz CT molecular complexity index is 387. The van der Waals surface area contributed by atoms with Crippen LogP contribution in [0.5, 0.6) is 0 Å². The van der Waals surface area contributed by atoms with Gasteiger partial charge in [0.2, 0.25) is 0 Å². The van der Waals surface area contributed by atoms with Crippen molar-refractivity contribution < 1.29 is 0 Å². The fourth-order valence-corrected chi connectivity index (χ4v) is 1.73. The molecule has 0 unspecified atom stereocenters. The van der Waals surface area contributed by atoms with Gasteiger partial charge in [0.15, 0.2) is 0 Å². The number of hydrogen-bond acceptors (Lipinski definition) is 0. The molecule has 0 saturated carbocycles. The first-order valence-corrected chi connectivity index (χ1v) is 4.97. The second-order valence-corrected chi connectivity index (χ2v) is 3.46. The Labute approximate surface area is 78.8 Å². The van der Waals surface area contributed by atoms with Gasteiger partial charge in [0.05, 0.1) is 0 Å². The largest absolute Gasteiger partial charge is 0.361 e. The second kappa shape index (κ2) is 3.65. The van der Waals surface area contributed by atoms with Crippen LogP contribution in [0.3, 0.4) is 0 Å². The number of para-hydroxylation sites is 1. The Morgan fingerprint density at radius 2 is 2.15 bits per heavy atom. The third-order valence-corrected chi connectivity index (χ3v) is 2.47. The Morgan fingerprint density at radius 1 is 1.23 bits per heavy atom. The molecule has 68 valence electrons. The molecule has 2 rings (SSSR count). The molecule has 1 heteroatoms. The standard InChI is InChI=1S/C12H15N/c1-2-3-5-10-6-4-7-11-8-9-13-12(10)11/h4,6-9,13H,2-3,5H2,1H3. The lowest BCUT2D eigenvalue weighted by Crippen LogP contribution is -1.85. The van der Waals surface area contributed by atoms with Crippen LogP contribution in [0, 0.1) is 0 Å². The maximum atomic E-state index is 3.30. The molecular formula is C12H15N. The van der Waals surface area contributed by atoms with Gasteiger partial charge in [-0.15, -0.1) is 0 Å². The van der Waals surface area contributed by atoms with Crippen LogP contribution in [0.15, 0.2) is 30.5 Å². The minimum absolute atomic E-state index is 1.19. The minimum atomic E-state index is 1.19. The number of aromatic amines is 1. The summed E-state index contributed by atoms with van der Waals surface area (Å²) in [6.45, 7) is 2.23. The van der Waals surface area contributed by atoms with E-state index >= 15 is 0 Å². The molecule has 2 aromatic rings. The van der Waals surface area contributed by atoms with Crippen molar-refractivity contribution in [3.8, 4) is 0 Å². The number of H-pyrrole nitrogens is 1. The molecule has 1 N–H and O–H groups in total. The number of aryl methyl sites for hydroxylation is 1. The smallest absolute Gasteiger partial charge is 0.0486 e. The number of aromatic nitrogens is 1. The van der Waals surface area contributed by atoms with Crippen LogP contribution < -0.4 is 0 Å². The highest BCUT2D eigenvalue weighted by Crippen LogP contribution is 2.18. The van der Waals surface area contributed by atoms with Crippen molar-refractivity contribution in [1.29, 1.82) is 0 Å². The zero-order valence-electron chi connectivity index (χ0n) is 8.01. The van der Waals surface area contributed by atoms with E-state index in [1.807, 2.05) is 6.20 Å². The molecule has 0 aliphatic rings. The lowest BCUT2D eigenvalue weighted by atomic mass is 10.1. The maximum Gasteiger partial charge on any atom is 0.0486 e. The van der Waals surface area contributed by atoms with Crippen LogP contribution in [0.2, 0.25) is 0 Å². The lowest BCUT2D eigenvalue weighted by molar-refractivity contribution is 0.798. The summed E-state index contributed by atoms with van der Waals surface area (Å²) in [5, 5.41) is 1.33. The summed E-state index contributed by atoms with van der Waals surface area (Å²) in [5.41, 5.74) is 2.76. The van der Waals surface area contributed by atoms with Crippen LogP contribution in [-0.4, -0.2) is 4.98 Å². The molecule has 0 amide bonds. The number of unbranched alkanes of at least 4 members (excludes halogenated alkanes) is 1. The van der Waals surface area contributed by atoms with Gasteiger partial charge in [-0.25, -0.2) is 0 Å². The topological polar surface area (TPSA) is 15.8 Å². The minimum Gasteiger partial charge on any atom is -0.361 e. The van der Waals surface area contributed by atoms with Gasteiger partial charge in [-0.05, 0) is 29.9 Å². The SMILES string of the molecule is CCCCc1cccc2cc[nH]c12. The van der Waals surface area contributed by atoms with Crippen LogP contribution in [0.25, 0.3) is 10.9 Å². The van der Waals surface area contributed by atoms with E-state index in [2.05, 4.69) is 36.2 Å². The summed E-state index contributed by atoms with van der Waals surface area (Å²) in [6, 6.07) is 8.64. The summed E-state index contributed by atoms with van der Waals surface area (Å²) in [7, 11) is 0. The van der Waals surface area contributed by atoms with Gasteiger partial charge in [-0.1, -0.05) is 31.5 Å². The molecule has 13 heavy (non-hydrogen) atoms. The molecular weight excluding hydrogens is 158 g/mol. The summed E-state index contributed by atoms with van der Waals surface area (Å²) < 4.78 is 0. The molecule has 0 aliphatic heterocycles. The first-order valence-electron chi connectivity index (χ1n) is 4.97. The highest BCUT2D eigenvalue weighted by molar-refractivity contribution is 5.82. The third-order valence-electron chi connectivity index (χ3n) is 2.47. The summed E-state index contributed by atoms with van der Waals surface area (Å²) in [6.07, 6.45) is 5.74. The second-order valence-electron chi connectivity index (χ2n) is 3.46. The highest BCUT2D eigenvalue weighted by atomic mass is 14.7. The van der Waals surface area contributed by atoms with Crippen LogP contribution in [-0.2, 0) is 6.42 Å². The Balaban J connectivity index is 2.37. The number of hydrogen-bond donors (Lipinski definition) is 1. The van der Waals surface area contributed by atoms with Crippen LogP contribution >= 0.6 is 0 Å². The number of nitrogens with one attached hydrogen (secondary N) is 1. The van der Waals surface area contributed by atoms with E-state index in [1.165, 1.54) is 35.7 Å². The van der Waals surface area contributed by atoms with Crippen LogP contribution in [0.1, 0.15) is 25.3 Å². The van der Waals surface area contributed by atoms with Crippen molar-refractivity contribution in [2.75, 3.05) is 0 Å². The Hall–Kier alpha value is -1.24. The van der Waals surface area contributed by atoms with Gasteiger partial charge in [-0.2, -0.15) is 0 Å². The van der Waals surface area contributed by atoms with Crippen LogP contribution in [0.4, 0.5) is 0 Å². The van der Waals surface area contributed by atoms with Crippen molar-refractivity contribution in [2.45, 2.75) is 26.2 Å². The van der Waals surface area contributed by atoms with Gasteiger partial charge in [0.1, 0.15) is 0 Å². The molecule has 0 bridgehead atoms. The third kappa shape index (κ3) is 1.59. The molecule has 1 nitrogen and oxygen atoms in total. The van der Waals surface area contributed by atoms with E-state index < -0.39 is 0 Å². The van der Waals surface area contributed by atoms with Crippen molar-refractivity contribution in [1.82, 2.24) is 4.98 Å². The number of benzene rings is 1. The van der Waals surface area contributed by atoms with Gasteiger partial charge in [0.25, 0.3) is 0 Å². The maximum absolute atomic E-state index is 3.30. The first-order chi connectivity index (χ1) is 6.42. The number of rotatable bonds is 3. The quantitative estimate of drug-likeness (QED) is 0.731. The van der Waals surface area contributed by atoms with Gasteiger partial charge >= 0.3 is 0 Å². The summed E-state index contributed by atoms with van der Waals surface area (Å²) in [5.74, 6) is 0. The molecule has 0 saturated heterocycles. The molecule has 0 fully saturated rings. The molecule has 0 spiro atoms. The summed E-state index contributed by atoms with van der Waals surface area (Å²) in [4.78, 5) is 3.30. The molecule has 1 heterocycles. The van der Waals surface area contributed by atoms with E-state index in [0.29, 0.717) is 0 Å². The summed E-state index contributed by atoms with van der Waals surface area (Å²) >= 11 is 0. The van der Waals surface area contributed by atoms with E-state index in [1.54, 1.807) is 0 Å². The fourth-order valence-electron chi connectivity index (χ4n) is 1.73. The van der Waals surface area contributed by atoms with Gasteiger partial charge < -0.3 is 4.98 Å². The molecule has 0 radical (unpaired) electrons. The lowest BCUT2D eigenvalue weighted by Gasteiger charge is -2.01. The average molecular weight is 173 g/mol. The molecule has 0 aliphatic carbocycles. The molecule has 0 atom stereocenters. The normalized spacial score (nSPS) is 10.8. The fraction of sp³-hybridized carbons (Fsp3) is 0.333. The Morgan fingerprint density at radius 3 is 3.00 bits per heavy atom. The zero-order valence-corrected chi connectivity index (χ0v) is 8.01. The zero-order chi connectivity index (χ0) is 9.10. The Kier molecular flexibility index (Phi) is 2.35. The molecule has 1 aromatic heterocycles. The first kappa shape index (κ1) is 8.36. The van der Waals surface area contributed by atoms with Crippen molar-refractivity contribution in [3.63, 3.8) is 0 Å². The van der Waals surface area contributed by atoms with E-state index in [-0.39, 0.29) is 0 Å². The van der Waals surface area contributed by atoms with Crippen molar-refractivity contribution in [2.24, 2.45) is 0 Å². The predicted octanol–water partition coefficient (Wildman–Crippen LogP) is 3.51. The van der Waals surface area contributed by atoms with Gasteiger partial charge in [0, 0.05) is 11.7 Å². The van der Waals surface area contributed by atoms with E-state index in [4.69, 9.17) is 0 Å². The molecule has 1 aromatic carbocycles. The van der Waals surface area contributed by atoms with Crippen molar-refractivity contribution >= 4 is 10.9 Å². The van der Waals surface area contributed by atoms with Crippen molar-refractivity contribution in [3.05, 3.63) is 36.0 Å². The predicted molar refractivity (Wildman–Crippen MR) is 56.9 cm³/mol. The van der Waals surface area contributed by atoms with E-state index in [9.17, 15) is 0 Å². The average Bonchev–Trinajstić information content (AvgIpc) is 2.62. The monoisotopic (exact) mass is 173 g/mol. The van der Waals surface area contributed by atoms with Gasteiger partial charge in [-0.3, -0.25) is 0 Å². The number of fused-ring (bicyclic) bond motifs is 1. The van der Waals surface area contributed by atoms with E-state index in [0.717, 1.165) is 0 Å².